The van der Waals surface area contributed by atoms with Crippen molar-refractivity contribution in [2.45, 2.75) is 25.1 Å². The average molecular weight is 336 g/mol. The van der Waals surface area contributed by atoms with E-state index in [0.29, 0.717) is 12.0 Å². The number of hydrogen-bond acceptors (Lipinski definition) is 3. The summed E-state index contributed by atoms with van der Waals surface area (Å²) in [5.41, 5.74) is -0.814. The van der Waals surface area contributed by atoms with Crippen molar-refractivity contribution in [2.75, 3.05) is 0 Å². The van der Waals surface area contributed by atoms with E-state index in [9.17, 15) is 22.8 Å². The lowest BCUT2D eigenvalue weighted by Gasteiger charge is -2.14. The van der Waals surface area contributed by atoms with Crippen LogP contribution in [-0.4, -0.2) is 19.7 Å². The number of aromatic amines is 2. The standard InChI is InChI=1S/C15H11F3N4O2/c16-15(17,18)9-3-1-2-8-7(9)4-5-11(8)22-6-10-12(21-22)13(23)20-14(24)19-10/h1-3,6,11H,4-5H2,(H2,19,20,23,24). The third-order valence-electron chi connectivity index (χ3n) is 4.29. The Labute approximate surface area is 131 Å². The Bertz CT molecular complexity index is 1060. The van der Waals surface area contributed by atoms with Crippen molar-refractivity contribution >= 4 is 11.0 Å². The van der Waals surface area contributed by atoms with Crippen molar-refractivity contribution in [3.8, 4) is 0 Å². The summed E-state index contributed by atoms with van der Waals surface area (Å²) in [6, 6.07) is 3.68. The minimum absolute atomic E-state index is 0.0509. The summed E-state index contributed by atoms with van der Waals surface area (Å²) < 4.78 is 40.8. The highest BCUT2D eigenvalue weighted by Crippen LogP contribution is 2.41. The normalized spacial score (nSPS) is 17.4. The largest absolute Gasteiger partial charge is 0.416 e. The topological polar surface area (TPSA) is 83.5 Å². The second kappa shape index (κ2) is 4.83. The van der Waals surface area contributed by atoms with Gasteiger partial charge in [-0.3, -0.25) is 14.5 Å². The minimum atomic E-state index is -4.41. The molecule has 1 aliphatic rings. The molecule has 0 amide bonds. The monoisotopic (exact) mass is 336 g/mol. The molecule has 1 atom stereocenters. The summed E-state index contributed by atoms with van der Waals surface area (Å²) >= 11 is 0. The molecule has 124 valence electrons. The van der Waals surface area contributed by atoms with Crippen LogP contribution in [0.3, 0.4) is 0 Å². The van der Waals surface area contributed by atoms with Crippen molar-refractivity contribution in [1.82, 2.24) is 19.7 Å². The van der Waals surface area contributed by atoms with E-state index < -0.39 is 29.0 Å². The molecule has 0 bridgehead atoms. The second-order valence-corrected chi connectivity index (χ2v) is 5.71. The van der Waals surface area contributed by atoms with Crippen LogP contribution in [0, 0.1) is 0 Å². The number of H-pyrrole nitrogens is 2. The molecule has 0 saturated carbocycles. The van der Waals surface area contributed by atoms with Gasteiger partial charge in [-0.2, -0.15) is 18.3 Å². The van der Waals surface area contributed by atoms with E-state index in [4.69, 9.17) is 0 Å². The predicted octanol–water partition coefficient (Wildman–Crippen LogP) is 1.97. The lowest BCUT2D eigenvalue weighted by molar-refractivity contribution is -0.138. The van der Waals surface area contributed by atoms with Crippen LogP contribution < -0.4 is 11.2 Å². The second-order valence-electron chi connectivity index (χ2n) is 5.71. The van der Waals surface area contributed by atoms with Gasteiger partial charge in [-0.1, -0.05) is 12.1 Å². The summed E-state index contributed by atoms with van der Waals surface area (Å²) in [6.45, 7) is 0. The molecule has 0 radical (unpaired) electrons. The summed E-state index contributed by atoms with van der Waals surface area (Å²) in [5.74, 6) is 0. The number of nitrogens with one attached hydrogen (secondary N) is 2. The van der Waals surface area contributed by atoms with Crippen molar-refractivity contribution in [3.05, 3.63) is 61.9 Å². The van der Waals surface area contributed by atoms with Gasteiger partial charge in [0, 0.05) is 0 Å². The van der Waals surface area contributed by atoms with Gasteiger partial charge in [-0.15, -0.1) is 0 Å². The van der Waals surface area contributed by atoms with Crippen LogP contribution in [0.4, 0.5) is 13.2 Å². The molecule has 0 aliphatic heterocycles. The first-order valence-electron chi connectivity index (χ1n) is 7.25. The quantitative estimate of drug-likeness (QED) is 0.713. The molecule has 4 rings (SSSR count). The van der Waals surface area contributed by atoms with Gasteiger partial charge in [-0.05, 0) is 30.0 Å². The Kier molecular flexibility index (Phi) is 2.96. The molecule has 1 unspecified atom stereocenters. The smallest absolute Gasteiger partial charge is 0.304 e. The van der Waals surface area contributed by atoms with E-state index >= 15 is 0 Å². The van der Waals surface area contributed by atoms with Crippen molar-refractivity contribution in [3.63, 3.8) is 0 Å². The summed E-state index contributed by atoms with van der Waals surface area (Å²) in [6.07, 6.45) is -2.21. The van der Waals surface area contributed by atoms with Crippen LogP contribution in [0.5, 0.6) is 0 Å². The first-order chi connectivity index (χ1) is 11.3. The molecule has 9 heteroatoms. The van der Waals surface area contributed by atoms with Gasteiger partial charge in [0.2, 0.25) is 0 Å². The Morgan fingerprint density at radius 3 is 2.75 bits per heavy atom. The Balaban J connectivity index is 1.86. The molecule has 24 heavy (non-hydrogen) atoms. The molecule has 2 aromatic heterocycles. The number of halogens is 3. The molecule has 0 fully saturated rings. The number of hydrogen-bond donors (Lipinski definition) is 2. The van der Waals surface area contributed by atoms with Crippen LogP contribution in [0.2, 0.25) is 0 Å². The van der Waals surface area contributed by atoms with E-state index in [1.54, 1.807) is 6.07 Å². The first-order valence-corrected chi connectivity index (χ1v) is 7.25. The van der Waals surface area contributed by atoms with Crippen molar-refractivity contribution in [1.29, 1.82) is 0 Å². The molecule has 2 N–H and O–H groups in total. The van der Waals surface area contributed by atoms with Crippen LogP contribution >= 0.6 is 0 Å². The van der Waals surface area contributed by atoms with Gasteiger partial charge in [0.15, 0.2) is 5.52 Å². The van der Waals surface area contributed by atoms with Gasteiger partial charge in [0.25, 0.3) is 5.56 Å². The van der Waals surface area contributed by atoms with Crippen LogP contribution in [-0.2, 0) is 12.6 Å². The Morgan fingerprint density at radius 2 is 2.00 bits per heavy atom. The molecule has 3 aromatic rings. The maximum absolute atomic E-state index is 13.1. The SMILES string of the molecule is O=c1[nH]c(=O)c2nn(C3CCc4c3cccc4C(F)(F)F)cc2[nH]1. The first kappa shape index (κ1) is 14.7. The maximum atomic E-state index is 13.1. The van der Waals surface area contributed by atoms with Gasteiger partial charge < -0.3 is 4.98 Å². The number of alkyl halides is 3. The van der Waals surface area contributed by atoms with Gasteiger partial charge in [0.05, 0.1) is 23.3 Å². The average Bonchev–Trinajstić information content (AvgIpc) is 3.08. The molecular formula is C15H11F3N4O2. The molecule has 1 aliphatic carbocycles. The highest BCUT2D eigenvalue weighted by molar-refractivity contribution is 5.71. The third kappa shape index (κ3) is 2.15. The van der Waals surface area contributed by atoms with E-state index in [0.717, 1.165) is 6.07 Å². The summed E-state index contributed by atoms with van der Waals surface area (Å²) in [5, 5.41) is 4.15. The number of aromatic nitrogens is 4. The van der Waals surface area contributed by atoms with Gasteiger partial charge >= 0.3 is 11.9 Å². The van der Waals surface area contributed by atoms with Crippen LogP contribution in [0.25, 0.3) is 11.0 Å². The Morgan fingerprint density at radius 1 is 1.21 bits per heavy atom. The fourth-order valence-electron chi connectivity index (χ4n) is 3.30. The fourth-order valence-corrected chi connectivity index (χ4v) is 3.30. The van der Waals surface area contributed by atoms with Crippen LogP contribution in [0.1, 0.15) is 29.2 Å². The van der Waals surface area contributed by atoms with Crippen molar-refractivity contribution < 1.29 is 13.2 Å². The molecule has 0 spiro atoms. The zero-order valence-corrected chi connectivity index (χ0v) is 12.1. The molecule has 0 saturated heterocycles. The zero-order valence-electron chi connectivity index (χ0n) is 12.1. The highest BCUT2D eigenvalue weighted by atomic mass is 19.4. The highest BCUT2D eigenvalue weighted by Gasteiger charge is 2.37. The van der Waals surface area contributed by atoms with Gasteiger partial charge in [-0.25, -0.2) is 4.79 Å². The van der Waals surface area contributed by atoms with E-state index in [1.807, 2.05) is 0 Å². The molecule has 1 aromatic carbocycles. The Hall–Kier alpha value is -2.84. The molecular weight excluding hydrogens is 325 g/mol. The number of fused-ring (bicyclic) bond motifs is 2. The summed E-state index contributed by atoms with van der Waals surface area (Å²) in [7, 11) is 0. The van der Waals surface area contributed by atoms with Crippen molar-refractivity contribution in [2.24, 2.45) is 0 Å². The predicted molar refractivity (Wildman–Crippen MR) is 78.9 cm³/mol. The summed E-state index contributed by atoms with van der Waals surface area (Å²) in [4.78, 5) is 27.6. The van der Waals surface area contributed by atoms with E-state index in [-0.39, 0.29) is 23.0 Å². The molecule has 2 heterocycles. The maximum Gasteiger partial charge on any atom is 0.416 e. The lowest BCUT2D eigenvalue weighted by atomic mass is 10.0. The lowest BCUT2D eigenvalue weighted by Crippen LogP contribution is -2.21. The number of benzene rings is 1. The molecule has 6 nitrogen and oxygen atoms in total. The number of rotatable bonds is 1. The van der Waals surface area contributed by atoms with E-state index in [1.165, 1.54) is 16.9 Å². The number of nitrogens with zero attached hydrogens (tertiary/aromatic N) is 2. The minimum Gasteiger partial charge on any atom is -0.304 e. The fraction of sp³-hybridized carbons (Fsp3) is 0.267. The third-order valence-corrected chi connectivity index (χ3v) is 4.29. The zero-order chi connectivity index (χ0) is 17.1. The van der Waals surface area contributed by atoms with E-state index in [2.05, 4.69) is 15.1 Å². The van der Waals surface area contributed by atoms with Gasteiger partial charge in [0.1, 0.15) is 0 Å². The van der Waals surface area contributed by atoms with Crippen LogP contribution in [0.15, 0.2) is 34.0 Å².